The zero-order valence-corrected chi connectivity index (χ0v) is 19.4. The predicted molar refractivity (Wildman–Crippen MR) is 118 cm³/mol. The van der Waals surface area contributed by atoms with E-state index in [1.54, 1.807) is 13.0 Å². The quantitative estimate of drug-likeness (QED) is 0.477. The first-order valence-electron chi connectivity index (χ1n) is 10.3. The lowest BCUT2D eigenvalue weighted by Crippen LogP contribution is -2.17. The predicted octanol–water partition coefficient (Wildman–Crippen LogP) is 3.32. The molecule has 1 unspecified atom stereocenters. The van der Waals surface area contributed by atoms with Gasteiger partial charge in [0.15, 0.2) is 27.9 Å². The fraction of sp³-hybridized carbons (Fsp3) is 0.455. The summed E-state index contributed by atoms with van der Waals surface area (Å²) in [5.74, 6) is -0.100. The average Bonchev–Trinajstić information content (AvgIpc) is 3.12. The number of hydrogen-bond donors (Lipinski definition) is 0. The van der Waals surface area contributed by atoms with E-state index in [2.05, 4.69) is 0 Å². The van der Waals surface area contributed by atoms with Crippen LogP contribution < -0.4 is 9.47 Å². The normalized spacial score (nSPS) is 19.4. The number of rotatable bonds is 5. The minimum atomic E-state index is -3.06. The van der Waals surface area contributed by atoms with Crippen LogP contribution in [0.4, 0.5) is 0 Å². The third-order valence-corrected chi connectivity index (χ3v) is 7.76. The van der Waals surface area contributed by atoms with Gasteiger partial charge in [-0.2, -0.15) is 0 Å². The van der Waals surface area contributed by atoms with Crippen LogP contribution in [0.15, 0.2) is 18.2 Å². The summed E-state index contributed by atoms with van der Waals surface area (Å²) in [6.45, 7) is 4.07. The van der Waals surface area contributed by atoms with Crippen molar-refractivity contribution in [2.75, 3.05) is 31.3 Å². The van der Waals surface area contributed by atoms with Crippen LogP contribution >= 0.6 is 11.6 Å². The molecule has 10 heteroatoms. The van der Waals surface area contributed by atoms with Crippen molar-refractivity contribution in [3.8, 4) is 11.5 Å². The molecule has 0 bridgehead atoms. The van der Waals surface area contributed by atoms with Crippen molar-refractivity contribution in [1.29, 1.82) is 0 Å². The van der Waals surface area contributed by atoms with Gasteiger partial charge in [-0.15, -0.1) is 0 Å². The van der Waals surface area contributed by atoms with E-state index in [-0.39, 0.29) is 33.9 Å². The molecular formula is C22H24ClNO7S. The van der Waals surface area contributed by atoms with E-state index in [0.717, 1.165) is 5.69 Å². The van der Waals surface area contributed by atoms with Gasteiger partial charge in [-0.25, -0.2) is 13.2 Å². The molecule has 3 heterocycles. The minimum absolute atomic E-state index is 0.0663. The second-order valence-electron chi connectivity index (χ2n) is 8.05. The van der Waals surface area contributed by atoms with Gasteiger partial charge in [0.1, 0.15) is 0 Å². The van der Waals surface area contributed by atoms with Crippen LogP contribution in [0, 0.1) is 13.8 Å². The van der Waals surface area contributed by atoms with Gasteiger partial charge >= 0.3 is 5.97 Å². The van der Waals surface area contributed by atoms with Gasteiger partial charge in [0.25, 0.3) is 0 Å². The van der Waals surface area contributed by atoms with E-state index in [0.29, 0.717) is 48.8 Å². The number of esters is 1. The molecule has 2 aliphatic heterocycles. The number of fused-ring (bicyclic) bond motifs is 1. The van der Waals surface area contributed by atoms with Crippen molar-refractivity contribution >= 4 is 33.2 Å². The molecule has 4 rings (SSSR count). The second-order valence-corrected chi connectivity index (χ2v) is 10.7. The van der Waals surface area contributed by atoms with Crippen molar-refractivity contribution in [1.82, 2.24) is 4.57 Å². The van der Waals surface area contributed by atoms with E-state index < -0.39 is 22.4 Å². The molecule has 0 N–H and O–H groups in total. The van der Waals surface area contributed by atoms with Crippen LogP contribution in [0.5, 0.6) is 11.5 Å². The Morgan fingerprint density at radius 1 is 1.19 bits per heavy atom. The molecule has 0 amide bonds. The zero-order chi connectivity index (χ0) is 23.0. The maximum Gasteiger partial charge on any atom is 0.338 e. The number of halogens is 1. The highest BCUT2D eigenvalue weighted by Crippen LogP contribution is 2.38. The molecule has 1 atom stereocenters. The first-order valence-corrected chi connectivity index (χ1v) is 12.5. The standard InChI is InChI=1S/C22H24ClNO7S/c1-13-8-17(14(2)24(13)16-4-7-32(27,28)12-16)19(25)11-31-22(26)15-9-18(23)21-20(10-15)29-5-3-6-30-21/h8-10,16H,3-7,11-12H2,1-2H3. The van der Waals surface area contributed by atoms with Crippen LogP contribution in [0.25, 0.3) is 0 Å². The lowest BCUT2D eigenvalue weighted by molar-refractivity contribution is 0.0474. The highest BCUT2D eigenvalue weighted by molar-refractivity contribution is 7.91. The topological polar surface area (TPSA) is 101 Å². The van der Waals surface area contributed by atoms with Gasteiger partial charge in [-0.1, -0.05) is 11.6 Å². The number of hydrogen-bond acceptors (Lipinski definition) is 7. The SMILES string of the molecule is Cc1cc(C(=O)COC(=O)c2cc(Cl)c3c(c2)OCCCO3)c(C)n1C1CCS(=O)(=O)C1. The van der Waals surface area contributed by atoms with Crippen molar-refractivity contribution in [3.63, 3.8) is 0 Å². The van der Waals surface area contributed by atoms with E-state index in [1.807, 2.05) is 11.5 Å². The van der Waals surface area contributed by atoms with E-state index >= 15 is 0 Å². The molecular weight excluding hydrogens is 458 g/mol. The number of sulfone groups is 1. The van der Waals surface area contributed by atoms with Crippen molar-refractivity contribution in [2.45, 2.75) is 32.7 Å². The number of ether oxygens (including phenoxy) is 3. The Bertz CT molecular complexity index is 1190. The van der Waals surface area contributed by atoms with Gasteiger partial charge in [0, 0.05) is 29.4 Å². The van der Waals surface area contributed by atoms with Crippen LogP contribution in [0.2, 0.25) is 5.02 Å². The maximum atomic E-state index is 12.8. The molecule has 32 heavy (non-hydrogen) atoms. The average molecular weight is 482 g/mol. The molecule has 2 aliphatic rings. The summed E-state index contributed by atoms with van der Waals surface area (Å²) in [6.07, 6.45) is 1.22. The summed E-state index contributed by atoms with van der Waals surface area (Å²) in [5, 5.41) is 0.234. The fourth-order valence-corrected chi connectivity index (χ4v) is 6.21. The lowest BCUT2D eigenvalue weighted by atomic mass is 10.1. The van der Waals surface area contributed by atoms with Gasteiger partial charge < -0.3 is 18.8 Å². The van der Waals surface area contributed by atoms with E-state index in [4.69, 9.17) is 25.8 Å². The first-order chi connectivity index (χ1) is 15.2. The monoisotopic (exact) mass is 481 g/mol. The molecule has 172 valence electrons. The molecule has 0 aliphatic carbocycles. The molecule has 0 saturated carbocycles. The van der Waals surface area contributed by atoms with Crippen LogP contribution in [-0.2, 0) is 14.6 Å². The van der Waals surface area contributed by atoms with E-state index in [1.165, 1.54) is 12.1 Å². The second kappa shape index (κ2) is 8.78. The summed E-state index contributed by atoms with van der Waals surface area (Å²) in [4.78, 5) is 25.3. The molecule has 1 fully saturated rings. The number of aryl methyl sites for hydroxylation is 1. The molecule has 1 saturated heterocycles. The Morgan fingerprint density at radius 3 is 2.66 bits per heavy atom. The third kappa shape index (κ3) is 4.49. The Kier molecular flexibility index (Phi) is 6.22. The number of carbonyl (C=O) groups is 2. The molecule has 1 aromatic carbocycles. The summed E-state index contributed by atoms with van der Waals surface area (Å²) >= 11 is 6.22. The highest BCUT2D eigenvalue weighted by atomic mass is 35.5. The zero-order valence-electron chi connectivity index (χ0n) is 17.9. The Labute approximate surface area is 191 Å². The number of benzene rings is 1. The number of Topliss-reactive ketones (excluding diaryl/α,β-unsaturated/α-hetero) is 1. The van der Waals surface area contributed by atoms with Gasteiger partial charge in [0.05, 0.1) is 35.3 Å². The molecule has 0 spiro atoms. The van der Waals surface area contributed by atoms with Gasteiger partial charge in [0.2, 0.25) is 5.78 Å². The number of nitrogens with zero attached hydrogens (tertiary/aromatic N) is 1. The van der Waals surface area contributed by atoms with Crippen molar-refractivity contribution < 1.29 is 32.2 Å². The fourth-order valence-electron chi connectivity index (χ4n) is 4.24. The Morgan fingerprint density at radius 2 is 1.94 bits per heavy atom. The maximum absolute atomic E-state index is 12.8. The highest BCUT2D eigenvalue weighted by Gasteiger charge is 2.32. The summed E-state index contributed by atoms with van der Waals surface area (Å²) in [7, 11) is -3.06. The van der Waals surface area contributed by atoms with Crippen LogP contribution in [0.1, 0.15) is 51.0 Å². The summed E-state index contributed by atoms with van der Waals surface area (Å²) < 4.78 is 42.0. The lowest BCUT2D eigenvalue weighted by Gasteiger charge is -2.16. The molecule has 2 aromatic rings. The number of aromatic nitrogens is 1. The van der Waals surface area contributed by atoms with Crippen LogP contribution in [-0.4, -0.2) is 56.1 Å². The smallest absolute Gasteiger partial charge is 0.338 e. The van der Waals surface area contributed by atoms with Crippen LogP contribution in [0.3, 0.4) is 0 Å². The molecule has 0 radical (unpaired) electrons. The summed E-state index contributed by atoms with van der Waals surface area (Å²) in [5.41, 5.74) is 2.04. The van der Waals surface area contributed by atoms with Gasteiger partial charge in [-0.05, 0) is 38.5 Å². The number of carbonyl (C=O) groups excluding carboxylic acids is 2. The molecule has 1 aromatic heterocycles. The Hall–Kier alpha value is -2.52. The van der Waals surface area contributed by atoms with Crippen molar-refractivity contribution in [3.05, 3.63) is 45.7 Å². The number of ketones is 1. The first kappa shape index (κ1) is 22.7. The Balaban J connectivity index is 1.46. The largest absolute Gasteiger partial charge is 0.489 e. The van der Waals surface area contributed by atoms with Crippen molar-refractivity contribution in [2.24, 2.45) is 0 Å². The van der Waals surface area contributed by atoms with Gasteiger partial charge in [-0.3, -0.25) is 4.79 Å². The summed E-state index contributed by atoms with van der Waals surface area (Å²) in [6, 6.07) is 4.44. The molecule has 8 nitrogen and oxygen atoms in total. The third-order valence-electron chi connectivity index (χ3n) is 5.73. The van der Waals surface area contributed by atoms with E-state index in [9.17, 15) is 18.0 Å². The minimum Gasteiger partial charge on any atom is -0.489 e.